The molecule has 3 N–H and O–H groups in total. The van der Waals surface area contributed by atoms with Crippen LogP contribution in [0.2, 0.25) is 0 Å². The van der Waals surface area contributed by atoms with Gasteiger partial charge in [0.15, 0.2) is 6.04 Å². The highest BCUT2D eigenvalue weighted by atomic mass is 19.4. The van der Waals surface area contributed by atoms with E-state index >= 15 is 0 Å². The van der Waals surface area contributed by atoms with Crippen LogP contribution in [0.1, 0.15) is 0 Å². The third-order valence-electron chi connectivity index (χ3n) is 1.90. The van der Waals surface area contributed by atoms with E-state index < -0.39 is 36.0 Å². The Bertz CT molecular complexity index is 319. The molecule has 18 heavy (non-hydrogen) atoms. The molecule has 0 amide bonds. The third kappa shape index (κ3) is 2.20. The van der Waals surface area contributed by atoms with E-state index in [0.717, 1.165) is 0 Å². The minimum atomic E-state index is -7.10. The molecule has 0 saturated carbocycles. The Labute approximate surface area is 92.3 Å². The van der Waals surface area contributed by atoms with Crippen molar-refractivity contribution in [1.29, 1.82) is 0 Å². The molecule has 0 fully saturated rings. The van der Waals surface area contributed by atoms with Crippen molar-refractivity contribution >= 4 is 5.97 Å². The van der Waals surface area contributed by atoms with Gasteiger partial charge in [0, 0.05) is 0 Å². The Hall–Kier alpha value is -1.20. The Morgan fingerprint density at radius 2 is 1.17 bits per heavy atom. The maximum absolute atomic E-state index is 12.9. The Morgan fingerprint density at radius 1 is 0.889 bits per heavy atom. The molecule has 0 saturated heterocycles. The summed E-state index contributed by atoms with van der Waals surface area (Å²) in [5.74, 6) is -9.36. The highest BCUT2D eigenvalue weighted by Gasteiger charge is 2.86. The number of aliphatic carboxylic acids is 1. The van der Waals surface area contributed by atoms with E-state index in [1.54, 1.807) is 0 Å². The first-order valence-electron chi connectivity index (χ1n) is 3.79. The first kappa shape index (κ1) is 16.8. The van der Waals surface area contributed by atoms with E-state index in [0.29, 0.717) is 0 Å². The van der Waals surface area contributed by atoms with Crippen LogP contribution in [0.3, 0.4) is 0 Å². The fraction of sp³-hybridized carbons (Fsp3) is 0.833. The van der Waals surface area contributed by atoms with Crippen molar-refractivity contribution in [3.05, 3.63) is 0 Å². The highest BCUT2D eigenvalue weighted by molar-refractivity contribution is 5.75. The number of halogens is 9. The van der Waals surface area contributed by atoms with Gasteiger partial charge < -0.3 is 10.8 Å². The Balaban J connectivity index is 6.00. The molecule has 0 spiro atoms. The number of rotatable bonds is 3. The van der Waals surface area contributed by atoms with E-state index in [-0.39, 0.29) is 0 Å². The molecule has 0 aliphatic heterocycles. The maximum atomic E-state index is 12.9. The van der Waals surface area contributed by atoms with Gasteiger partial charge in [-0.1, -0.05) is 0 Å². The van der Waals surface area contributed by atoms with Gasteiger partial charge in [0.2, 0.25) is 0 Å². The zero-order valence-electron chi connectivity index (χ0n) is 7.91. The van der Waals surface area contributed by atoms with Gasteiger partial charge in [-0.3, -0.25) is 4.79 Å². The summed E-state index contributed by atoms with van der Waals surface area (Å²) in [6.45, 7) is 0. The molecule has 0 radical (unpaired) electrons. The summed E-state index contributed by atoms with van der Waals surface area (Å²) in [6.07, 6.45) is -14.2. The van der Waals surface area contributed by atoms with Crippen LogP contribution < -0.4 is 5.73 Å². The van der Waals surface area contributed by atoms with Crippen LogP contribution in [0.15, 0.2) is 0 Å². The molecule has 1 atom stereocenters. The van der Waals surface area contributed by atoms with Crippen molar-refractivity contribution in [2.24, 2.45) is 5.73 Å². The van der Waals surface area contributed by atoms with Crippen LogP contribution in [-0.2, 0) is 4.79 Å². The van der Waals surface area contributed by atoms with Crippen molar-refractivity contribution in [3.8, 4) is 0 Å². The standard InChI is InChI=1S/C6H4F9NO2/c7-3(8,1(16)2(17)18)4(9,5(10,11)12)6(13,14)15/h1H,16H2,(H,17,18)/t1-/m1/s1. The smallest absolute Gasteiger partial charge is 0.437 e. The molecule has 0 unspecified atom stereocenters. The van der Waals surface area contributed by atoms with Gasteiger partial charge in [-0.05, 0) is 0 Å². The minimum Gasteiger partial charge on any atom is -0.480 e. The number of nitrogens with two attached hydrogens (primary N) is 1. The number of carboxylic acid groups (broad SMARTS) is 1. The SMILES string of the molecule is N[C@H](C(=O)O)C(F)(F)C(F)(C(F)(F)F)C(F)(F)F. The summed E-state index contributed by atoms with van der Waals surface area (Å²) in [7, 11) is 0. The summed E-state index contributed by atoms with van der Waals surface area (Å²) in [4.78, 5) is 9.94. The zero-order chi connectivity index (χ0) is 15.2. The fourth-order valence-corrected chi connectivity index (χ4v) is 0.908. The Kier molecular flexibility index (Phi) is 3.89. The topological polar surface area (TPSA) is 63.3 Å². The van der Waals surface area contributed by atoms with Gasteiger partial charge in [-0.25, -0.2) is 4.39 Å². The lowest BCUT2D eigenvalue weighted by Crippen LogP contribution is -2.71. The number of carboxylic acids is 1. The molecule has 0 rings (SSSR count). The van der Waals surface area contributed by atoms with Gasteiger partial charge in [0.05, 0.1) is 0 Å². The summed E-state index contributed by atoms with van der Waals surface area (Å²) < 4.78 is 110. The van der Waals surface area contributed by atoms with Crippen molar-refractivity contribution in [2.45, 2.75) is 30.0 Å². The number of hydrogen-bond acceptors (Lipinski definition) is 2. The second kappa shape index (κ2) is 4.17. The maximum Gasteiger partial charge on any atom is 0.437 e. The van der Waals surface area contributed by atoms with Crippen LogP contribution in [-0.4, -0.2) is 41.1 Å². The molecule has 12 heteroatoms. The molecule has 0 heterocycles. The summed E-state index contributed by atoms with van der Waals surface area (Å²) in [5.41, 5.74) is -3.08. The molecular formula is C6H4F9NO2. The van der Waals surface area contributed by atoms with Crippen molar-refractivity contribution < 1.29 is 49.4 Å². The highest BCUT2D eigenvalue weighted by Crippen LogP contribution is 2.55. The molecule has 0 aromatic carbocycles. The lowest BCUT2D eigenvalue weighted by atomic mass is 9.90. The summed E-state index contributed by atoms with van der Waals surface area (Å²) in [6, 6.07) is -4.02. The van der Waals surface area contributed by atoms with E-state index in [1.807, 2.05) is 0 Å². The van der Waals surface area contributed by atoms with E-state index in [9.17, 15) is 44.3 Å². The number of alkyl halides is 9. The van der Waals surface area contributed by atoms with Gasteiger partial charge in [0.1, 0.15) is 0 Å². The van der Waals surface area contributed by atoms with Crippen molar-refractivity contribution in [1.82, 2.24) is 0 Å². The monoisotopic (exact) mass is 293 g/mol. The summed E-state index contributed by atoms with van der Waals surface area (Å²) >= 11 is 0. The molecule has 3 nitrogen and oxygen atoms in total. The second-order valence-corrected chi connectivity index (χ2v) is 3.09. The Morgan fingerprint density at radius 3 is 1.33 bits per heavy atom. The number of hydrogen-bond donors (Lipinski definition) is 2. The molecule has 0 aromatic heterocycles. The number of carbonyl (C=O) groups is 1. The minimum absolute atomic E-state index is 2.92. The normalized spacial score (nSPS) is 16.6. The van der Waals surface area contributed by atoms with Crippen LogP contribution in [0.25, 0.3) is 0 Å². The average Bonchev–Trinajstić information content (AvgIpc) is 2.11. The molecule has 0 bridgehead atoms. The fourth-order valence-electron chi connectivity index (χ4n) is 0.908. The lowest BCUT2D eigenvalue weighted by Gasteiger charge is -2.37. The zero-order valence-corrected chi connectivity index (χ0v) is 7.91. The second-order valence-electron chi connectivity index (χ2n) is 3.09. The first-order chi connectivity index (χ1) is 7.60. The molecular weight excluding hydrogens is 289 g/mol. The third-order valence-corrected chi connectivity index (χ3v) is 1.90. The van der Waals surface area contributed by atoms with Gasteiger partial charge in [-0.15, -0.1) is 0 Å². The molecule has 0 aliphatic rings. The van der Waals surface area contributed by atoms with Crippen LogP contribution in [0.4, 0.5) is 39.5 Å². The summed E-state index contributed by atoms with van der Waals surface area (Å²) in [5, 5.41) is 7.91. The molecule has 0 aromatic rings. The van der Waals surface area contributed by atoms with Crippen molar-refractivity contribution in [3.63, 3.8) is 0 Å². The van der Waals surface area contributed by atoms with Crippen LogP contribution in [0.5, 0.6) is 0 Å². The predicted molar refractivity (Wildman–Crippen MR) is 36.5 cm³/mol. The first-order valence-corrected chi connectivity index (χ1v) is 3.79. The van der Waals surface area contributed by atoms with E-state index in [2.05, 4.69) is 5.73 Å². The van der Waals surface area contributed by atoms with E-state index in [4.69, 9.17) is 5.11 Å². The van der Waals surface area contributed by atoms with E-state index in [1.165, 1.54) is 0 Å². The molecule has 108 valence electrons. The molecule has 0 aliphatic carbocycles. The van der Waals surface area contributed by atoms with Crippen LogP contribution in [0, 0.1) is 0 Å². The van der Waals surface area contributed by atoms with Crippen LogP contribution >= 0.6 is 0 Å². The average molecular weight is 293 g/mol. The predicted octanol–water partition coefficient (Wildman–Crippen LogP) is 1.87. The lowest BCUT2D eigenvalue weighted by molar-refractivity contribution is -0.397. The van der Waals surface area contributed by atoms with Gasteiger partial charge in [-0.2, -0.15) is 35.1 Å². The van der Waals surface area contributed by atoms with Gasteiger partial charge in [0.25, 0.3) is 0 Å². The van der Waals surface area contributed by atoms with Crippen molar-refractivity contribution in [2.75, 3.05) is 0 Å². The van der Waals surface area contributed by atoms with Gasteiger partial charge >= 0.3 is 29.9 Å². The quantitative estimate of drug-likeness (QED) is 0.781. The largest absolute Gasteiger partial charge is 0.480 e.